The smallest absolute Gasteiger partial charge is 0.135 e. The third kappa shape index (κ3) is 2.60. The lowest BCUT2D eigenvalue weighted by molar-refractivity contribution is 0.807. The number of anilines is 1. The van der Waals surface area contributed by atoms with Gasteiger partial charge in [0.1, 0.15) is 12.5 Å². The Labute approximate surface area is 127 Å². The van der Waals surface area contributed by atoms with Crippen LogP contribution < -0.4 is 10.3 Å². The van der Waals surface area contributed by atoms with Gasteiger partial charge in [0.25, 0.3) is 0 Å². The Kier molecular flexibility index (Phi) is 3.81. The van der Waals surface area contributed by atoms with Crippen molar-refractivity contribution in [3.05, 3.63) is 64.1 Å². The summed E-state index contributed by atoms with van der Waals surface area (Å²) in [5.41, 5.74) is 5.09. The molecule has 0 aliphatic carbocycles. The molecule has 1 heterocycles. The zero-order valence-electron chi connectivity index (χ0n) is 10.7. The molecule has 0 atom stereocenters. The molecule has 0 saturated heterocycles. The molecule has 0 fully saturated rings. The number of hydrogen-bond donors (Lipinski definition) is 1. The molecule has 5 heteroatoms. The number of amidine groups is 1. The molecule has 0 amide bonds. The third-order valence-electron chi connectivity index (χ3n) is 3.20. The Bertz CT molecular complexity index is 641. The first-order valence-electron chi connectivity index (χ1n) is 6.30. The summed E-state index contributed by atoms with van der Waals surface area (Å²) >= 11 is 12.3. The molecule has 1 aliphatic rings. The van der Waals surface area contributed by atoms with Crippen molar-refractivity contribution in [2.45, 2.75) is 6.42 Å². The highest BCUT2D eigenvalue weighted by atomic mass is 35.5. The normalized spacial score (nSPS) is 14.1. The van der Waals surface area contributed by atoms with Crippen LogP contribution in [0.4, 0.5) is 5.69 Å². The summed E-state index contributed by atoms with van der Waals surface area (Å²) in [6.07, 6.45) is 0.640. The van der Waals surface area contributed by atoms with Crippen LogP contribution in [0.5, 0.6) is 0 Å². The van der Waals surface area contributed by atoms with Crippen LogP contribution in [0.1, 0.15) is 5.56 Å². The van der Waals surface area contributed by atoms with Crippen molar-refractivity contribution in [3.8, 4) is 0 Å². The van der Waals surface area contributed by atoms with Gasteiger partial charge in [-0.05, 0) is 23.8 Å². The minimum atomic E-state index is 0.571. The van der Waals surface area contributed by atoms with Crippen LogP contribution in [0, 0.1) is 0 Å². The second-order valence-electron chi connectivity index (χ2n) is 4.50. The average Bonchev–Trinajstić information content (AvgIpc) is 2.93. The van der Waals surface area contributed by atoms with Gasteiger partial charge in [-0.15, -0.1) is 0 Å². The topological polar surface area (TPSA) is 27.6 Å². The number of hydrazone groups is 1. The Morgan fingerprint density at radius 2 is 1.85 bits per heavy atom. The van der Waals surface area contributed by atoms with Gasteiger partial charge in [-0.3, -0.25) is 5.43 Å². The van der Waals surface area contributed by atoms with Gasteiger partial charge in [0, 0.05) is 12.1 Å². The maximum atomic E-state index is 6.24. The van der Waals surface area contributed by atoms with E-state index in [-0.39, 0.29) is 0 Å². The van der Waals surface area contributed by atoms with Gasteiger partial charge in [-0.25, -0.2) is 0 Å². The summed E-state index contributed by atoms with van der Waals surface area (Å²) in [5.74, 6) is 0.931. The summed E-state index contributed by atoms with van der Waals surface area (Å²) in [7, 11) is 0. The van der Waals surface area contributed by atoms with Crippen molar-refractivity contribution < 1.29 is 0 Å². The lowest BCUT2D eigenvalue weighted by Crippen LogP contribution is -2.30. The molecule has 2 aromatic rings. The Morgan fingerprint density at radius 3 is 2.65 bits per heavy atom. The van der Waals surface area contributed by atoms with Crippen molar-refractivity contribution in [2.24, 2.45) is 5.10 Å². The average molecular weight is 306 g/mol. The SMILES string of the molecule is Clc1cccc(CC2=NNCN2c2ccccc2)c1Cl. The van der Waals surface area contributed by atoms with Gasteiger partial charge >= 0.3 is 0 Å². The van der Waals surface area contributed by atoms with Crippen molar-refractivity contribution >= 4 is 34.7 Å². The number of halogens is 2. The summed E-state index contributed by atoms with van der Waals surface area (Å²) in [4.78, 5) is 2.12. The van der Waals surface area contributed by atoms with E-state index in [0.29, 0.717) is 23.1 Å². The van der Waals surface area contributed by atoms with Gasteiger partial charge in [0.2, 0.25) is 0 Å². The molecule has 2 aromatic carbocycles. The molecule has 0 aromatic heterocycles. The van der Waals surface area contributed by atoms with E-state index in [0.717, 1.165) is 17.1 Å². The van der Waals surface area contributed by atoms with Crippen LogP contribution in [0.25, 0.3) is 0 Å². The van der Waals surface area contributed by atoms with Gasteiger partial charge in [0.15, 0.2) is 0 Å². The summed E-state index contributed by atoms with van der Waals surface area (Å²) < 4.78 is 0. The van der Waals surface area contributed by atoms with E-state index >= 15 is 0 Å². The Morgan fingerprint density at radius 1 is 1.05 bits per heavy atom. The molecular weight excluding hydrogens is 293 g/mol. The highest BCUT2D eigenvalue weighted by Crippen LogP contribution is 2.27. The Hall–Kier alpha value is -1.71. The van der Waals surface area contributed by atoms with Gasteiger partial charge in [0.05, 0.1) is 10.0 Å². The second-order valence-corrected chi connectivity index (χ2v) is 5.28. The van der Waals surface area contributed by atoms with E-state index in [1.807, 2.05) is 30.3 Å². The van der Waals surface area contributed by atoms with E-state index in [2.05, 4.69) is 27.6 Å². The van der Waals surface area contributed by atoms with Crippen LogP contribution in [0.15, 0.2) is 53.6 Å². The summed E-state index contributed by atoms with van der Waals surface area (Å²) in [6.45, 7) is 0.664. The van der Waals surface area contributed by atoms with Crippen LogP contribution in [-0.4, -0.2) is 12.5 Å². The lowest BCUT2D eigenvalue weighted by Gasteiger charge is -2.19. The number of benzene rings is 2. The number of rotatable bonds is 3. The molecule has 1 N–H and O–H groups in total. The fourth-order valence-electron chi connectivity index (χ4n) is 2.19. The minimum absolute atomic E-state index is 0.571. The highest BCUT2D eigenvalue weighted by molar-refractivity contribution is 6.42. The first-order chi connectivity index (χ1) is 9.75. The van der Waals surface area contributed by atoms with Gasteiger partial charge < -0.3 is 4.90 Å². The van der Waals surface area contributed by atoms with Crippen molar-refractivity contribution in [3.63, 3.8) is 0 Å². The standard InChI is InChI=1S/C15H13Cl2N3/c16-13-8-4-5-11(15(13)17)9-14-19-18-10-20(14)12-6-2-1-3-7-12/h1-8,18H,9-10H2. The largest absolute Gasteiger partial charge is 0.309 e. The molecule has 3 rings (SSSR count). The first kappa shape index (κ1) is 13.3. The van der Waals surface area contributed by atoms with Crippen LogP contribution in [0.2, 0.25) is 10.0 Å². The maximum Gasteiger partial charge on any atom is 0.135 e. The van der Waals surface area contributed by atoms with Crippen LogP contribution in [0.3, 0.4) is 0 Å². The predicted molar refractivity (Wildman–Crippen MR) is 84.5 cm³/mol. The van der Waals surface area contributed by atoms with Crippen LogP contribution in [-0.2, 0) is 6.42 Å². The summed E-state index contributed by atoms with van der Waals surface area (Å²) in [5, 5.41) is 5.52. The van der Waals surface area contributed by atoms with Crippen molar-refractivity contribution in [1.82, 2.24) is 5.43 Å². The van der Waals surface area contributed by atoms with Crippen LogP contribution >= 0.6 is 23.2 Å². The molecule has 102 valence electrons. The lowest BCUT2D eigenvalue weighted by atomic mass is 10.1. The molecule has 0 saturated carbocycles. The van der Waals surface area contributed by atoms with E-state index in [1.165, 1.54) is 0 Å². The number of nitrogens with one attached hydrogen (secondary N) is 1. The Balaban J connectivity index is 1.85. The van der Waals surface area contributed by atoms with E-state index in [4.69, 9.17) is 23.2 Å². The second kappa shape index (κ2) is 5.73. The molecule has 20 heavy (non-hydrogen) atoms. The quantitative estimate of drug-likeness (QED) is 0.931. The fourth-order valence-corrected chi connectivity index (χ4v) is 2.57. The summed E-state index contributed by atoms with van der Waals surface area (Å²) in [6, 6.07) is 15.8. The molecular formula is C15H13Cl2N3. The molecule has 0 spiro atoms. The third-order valence-corrected chi connectivity index (χ3v) is 4.05. The molecule has 0 unspecified atom stereocenters. The van der Waals surface area contributed by atoms with E-state index in [1.54, 1.807) is 6.07 Å². The zero-order chi connectivity index (χ0) is 13.9. The highest BCUT2D eigenvalue weighted by Gasteiger charge is 2.20. The first-order valence-corrected chi connectivity index (χ1v) is 7.06. The molecule has 0 radical (unpaired) electrons. The fraction of sp³-hybridized carbons (Fsp3) is 0.133. The van der Waals surface area contributed by atoms with Gasteiger partial charge in [-0.2, -0.15) is 5.10 Å². The minimum Gasteiger partial charge on any atom is -0.309 e. The predicted octanol–water partition coefficient (Wildman–Crippen LogP) is 3.92. The molecule has 0 bridgehead atoms. The number of nitrogens with zero attached hydrogens (tertiary/aromatic N) is 2. The maximum absolute atomic E-state index is 6.24. The number of para-hydroxylation sites is 1. The molecule has 1 aliphatic heterocycles. The van der Waals surface area contributed by atoms with E-state index in [9.17, 15) is 0 Å². The monoisotopic (exact) mass is 305 g/mol. The zero-order valence-corrected chi connectivity index (χ0v) is 12.2. The van der Waals surface area contributed by atoms with Crippen molar-refractivity contribution in [1.29, 1.82) is 0 Å². The van der Waals surface area contributed by atoms with E-state index < -0.39 is 0 Å². The number of hydrogen-bond acceptors (Lipinski definition) is 3. The molecule has 3 nitrogen and oxygen atoms in total. The van der Waals surface area contributed by atoms with Crippen molar-refractivity contribution in [2.75, 3.05) is 11.6 Å². The van der Waals surface area contributed by atoms with Gasteiger partial charge in [-0.1, -0.05) is 53.5 Å².